The molecule has 1 saturated heterocycles. The molecule has 14 unspecified atom stereocenters. The molecule has 0 aromatic carbocycles. The van der Waals surface area contributed by atoms with E-state index in [1.54, 1.807) is 14.0 Å². The molecule has 5 aliphatic rings. The summed E-state index contributed by atoms with van der Waals surface area (Å²) in [6, 6.07) is 0. The van der Waals surface area contributed by atoms with Gasteiger partial charge in [-0.15, -0.1) is 0 Å². The predicted molar refractivity (Wildman–Crippen MR) is 135 cm³/mol. The number of rotatable bonds is 5. The Morgan fingerprint density at radius 3 is 2.33 bits per heavy atom. The largest absolute Gasteiger partial charge is 0.390 e. The van der Waals surface area contributed by atoms with Gasteiger partial charge < -0.3 is 34.3 Å². The first-order valence-corrected chi connectivity index (χ1v) is 14.5. The number of fused-ring (bicyclic) bond motifs is 5. The molecular weight excluding hydrogens is 460 g/mol. The SMILES string of the molecule is COC(C)OC1(C)CCC2C3CCC4CC(OC5CC(O)C(O)C(C)O5)C(O)CC4(C)C3CCC21C. The van der Waals surface area contributed by atoms with Crippen LogP contribution in [0.25, 0.3) is 0 Å². The normalized spacial score (nSPS) is 55.9. The highest BCUT2D eigenvalue weighted by atomic mass is 16.7. The molecule has 0 aromatic heterocycles. The van der Waals surface area contributed by atoms with E-state index >= 15 is 0 Å². The molecule has 4 saturated carbocycles. The van der Waals surface area contributed by atoms with Gasteiger partial charge in [-0.3, -0.25) is 0 Å². The zero-order chi connectivity index (χ0) is 26.0. The lowest BCUT2D eigenvalue weighted by Crippen LogP contribution is -2.59. The quantitative estimate of drug-likeness (QED) is 0.380. The molecule has 5 fully saturated rings. The van der Waals surface area contributed by atoms with Crippen LogP contribution in [-0.2, 0) is 18.9 Å². The average Bonchev–Trinajstić information content (AvgIpc) is 3.08. The molecule has 1 heterocycles. The van der Waals surface area contributed by atoms with Crippen molar-refractivity contribution in [3.05, 3.63) is 0 Å². The van der Waals surface area contributed by atoms with Crippen molar-refractivity contribution in [3.8, 4) is 0 Å². The summed E-state index contributed by atoms with van der Waals surface area (Å²) in [4.78, 5) is 0. The summed E-state index contributed by atoms with van der Waals surface area (Å²) < 4.78 is 24.1. The van der Waals surface area contributed by atoms with Gasteiger partial charge in [-0.1, -0.05) is 13.8 Å². The van der Waals surface area contributed by atoms with E-state index in [9.17, 15) is 15.3 Å². The summed E-state index contributed by atoms with van der Waals surface area (Å²) in [5, 5.41) is 31.5. The van der Waals surface area contributed by atoms with Crippen LogP contribution in [0.2, 0.25) is 0 Å². The third-order valence-corrected chi connectivity index (χ3v) is 12.0. The molecular formula is C29H50O7. The third-order valence-electron chi connectivity index (χ3n) is 12.0. The van der Waals surface area contributed by atoms with Gasteiger partial charge in [0.1, 0.15) is 6.10 Å². The topological polar surface area (TPSA) is 97.6 Å². The highest BCUT2D eigenvalue weighted by Crippen LogP contribution is 2.69. The standard InChI is InChI=1S/C29H50O7/c1-16-26(32)22(30)14-25(34-16)35-24-13-18-7-8-19-20(27(18,3)15-23(24)31)9-11-28(4)21(19)10-12-29(28,5)36-17(2)33-6/h16-26,30-32H,7-15H2,1-6H3. The van der Waals surface area contributed by atoms with Crippen molar-refractivity contribution in [3.63, 3.8) is 0 Å². The maximum atomic E-state index is 11.3. The summed E-state index contributed by atoms with van der Waals surface area (Å²) in [5.74, 6) is 2.47. The van der Waals surface area contributed by atoms with Crippen molar-refractivity contribution in [1.82, 2.24) is 0 Å². The van der Waals surface area contributed by atoms with Crippen LogP contribution in [0, 0.1) is 34.5 Å². The first-order chi connectivity index (χ1) is 16.9. The smallest absolute Gasteiger partial charge is 0.161 e. The highest BCUT2D eigenvalue weighted by molar-refractivity contribution is 5.14. The first kappa shape index (κ1) is 27.3. The maximum Gasteiger partial charge on any atom is 0.161 e. The van der Waals surface area contributed by atoms with E-state index < -0.39 is 30.7 Å². The molecule has 208 valence electrons. The third kappa shape index (κ3) is 4.29. The molecule has 0 bridgehead atoms. The van der Waals surface area contributed by atoms with E-state index in [1.807, 2.05) is 6.92 Å². The van der Waals surface area contributed by atoms with Gasteiger partial charge in [-0.05, 0) is 107 Å². The number of hydrogen-bond acceptors (Lipinski definition) is 7. The molecule has 36 heavy (non-hydrogen) atoms. The van der Waals surface area contributed by atoms with Gasteiger partial charge in [-0.25, -0.2) is 0 Å². The van der Waals surface area contributed by atoms with Gasteiger partial charge in [-0.2, -0.15) is 0 Å². The van der Waals surface area contributed by atoms with E-state index in [0.717, 1.165) is 25.7 Å². The molecule has 0 aromatic rings. The molecule has 5 rings (SSSR count). The number of hydrogen-bond donors (Lipinski definition) is 3. The molecule has 7 heteroatoms. The molecule has 7 nitrogen and oxygen atoms in total. The summed E-state index contributed by atoms with van der Waals surface area (Å²) in [5.41, 5.74) is 0.110. The van der Waals surface area contributed by atoms with Gasteiger partial charge >= 0.3 is 0 Å². The van der Waals surface area contributed by atoms with Crippen LogP contribution in [0.4, 0.5) is 0 Å². The Kier molecular flexibility index (Phi) is 7.37. The second-order valence-electron chi connectivity index (χ2n) is 13.5. The number of aliphatic hydroxyl groups is 3. The Bertz CT molecular complexity index is 782. The lowest BCUT2D eigenvalue weighted by molar-refractivity contribution is -0.282. The minimum atomic E-state index is -0.891. The second-order valence-corrected chi connectivity index (χ2v) is 13.5. The summed E-state index contributed by atoms with van der Waals surface area (Å²) >= 11 is 0. The fourth-order valence-corrected chi connectivity index (χ4v) is 9.55. The summed E-state index contributed by atoms with van der Waals surface area (Å²) in [7, 11) is 1.72. The van der Waals surface area contributed by atoms with Crippen molar-refractivity contribution in [1.29, 1.82) is 0 Å². The van der Waals surface area contributed by atoms with Crippen LogP contribution in [-0.4, -0.2) is 71.1 Å². The number of ether oxygens (including phenoxy) is 4. The number of methoxy groups -OCH3 is 1. The second kappa shape index (κ2) is 9.72. The summed E-state index contributed by atoms with van der Waals surface area (Å²) in [6.45, 7) is 11.0. The first-order valence-electron chi connectivity index (χ1n) is 14.5. The number of aliphatic hydroxyl groups excluding tert-OH is 3. The van der Waals surface area contributed by atoms with E-state index in [4.69, 9.17) is 18.9 Å². The molecule has 0 radical (unpaired) electrons. The highest BCUT2D eigenvalue weighted by Gasteiger charge is 2.65. The van der Waals surface area contributed by atoms with Crippen LogP contribution < -0.4 is 0 Å². The molecule has 0 spiro atoms. The van der Waals surface area contributed by atoms with Crippen LogP contribution in [0.1, 0.15) is 92.4 Å². The fourth-order valence-electron chi connectivity index (χ4n) is 9.55. The Hall–Kier alpha value is -0.280. The Morgan fingerprint density at radius 2 is 1.64 bits per heavy atom. The lowest BCUT2D eigenvalue weighted by Gasteiger charge is -2.62. The van der Waals surface area contributed by atoms with Crippen molar-refractivity contribution < 1.29 is 34.3 Å². The lowest BCUT2D eigenvalue weighted by atomic mass is 9.44. The monoisotopic (exact) mass is 510 g/mol. The van der Waals surface area contributed by atoms with Crippen molar-refractivity contribution in [2.45, 2.75) is 141 Å². The van der Waals surface area contributed by atoms with Crippen molar-refractivity contribution >= 4 is 0 Å². The molecule has 1 aliphatic heterocycles. The fraction of sp³-hybridized carbons (Fsp3) is 1.00. The Morgan fingerprint density at radius 1 is 0.917 bits per heavy atom. The maximum absolute atomic E-state index is 11.3. The van der Waals surface area contributed by atoms with Gasteiger partial charge in [0.25, 0.3) is 0 Å². The van der Waals surface area contributed by atoms with Crippen molar-refractivity contribution in [2.75, 3.05) is 7.11 Å². The van der Waals surface area contributed by atoms with E-state index in [0.29, 0.717) is 23.7 Å². The molecule has 14 atom stereocenters. The van der Waals surface area contributed by atoms with Crippen LogP contribution in [0.5, 0.6) is 0 Å². The molecule has 3 N–H and O–H groups in total. The van der Waals surface area contributed by atoms with Gasteiger partial charge in [0.05, 0.1) is 30.0 Å². The zero-order valence-corrected chi connectivity index (χ0v) is 23.2. The van der Waals surface area contributed by atoms with Crippen LogP contribution in [0.15, 0.2) is 0 Å². The Labute approximate surface area is 217 Å². The van der Waals surface area contributed by atoms with E-state index in [-0.39, 0.29) is 35.2 Å². The van der Waals surface area contributed by atoms with Crippen LogP contribution >= 0.6 is 0 Å². The van der Waals surface area contributed by atoms with E-state index in [2.05, 4.69) is 20.8 Å². The average molecular weight is 511 g/mol. The van der Waals surface area contributed by atoms with Crippen molar-refractivity contribution in [2.24, 2.45) is 34.5 Å². The zero-order valence-electron chi connectivity index (χ0n) is 23.2. The molecule has 0 amide bonds. The summed E-state index contributed by atoms with van der Waals surface area (Å²) in [6.07, 6.45) is 5.07. The molecule has 4 aliphatic carbocycles. The van der Waals surface area contributed by atoms with Gasteiger partial charge in [0, 0.05) is 13.5 Å². The Balaban J connectivity index is 1.28. The minimum Gasteiger partial charge on any atom is -0.390 e. The van der Waals surface area contributed by atoms with Gasteiger partial charge in [0.15, 0.2) is 12.6 Å². The van der Waals surface area contributed by atoms with E-state index in [1.165, 1.54) is 25.7 Å². The van der Waals surface area contributed by atoms with Gasteiger partial charge in [0.2, 0.25) is 0 Å². The van der Waals surface area contributed by atoms with Crippen LogP contribution in [0.3, 0.4) is 0 Å². The minimum absolute atomic E-state index is 0.111. The predicted octanol–water partition coefficient (Wildman–Crippen LogP) is 4.01.